The number of benzene rings is 7. The van der Waals surface area contributed by atoms with Crippen molar-refractivity contribution >= 4 is 24.3 Å². The molecule has 29 nitrogen and oxygen atoms in total. The minimum Gasteiger partial charge on any atom is -0.486 e. The first-order valence-corrected chi connectivity index (χ1v) is 36.8. The van der Waals surface area contributed by atoms with E-state index in [1.165, 1.54) is 12.3 Å². The molecule has 0 radical (unpaired) electrons. The number of ether oxygens (including phenoxy) is 7. The van der Waals surface area contributed by atoms with Gasteiger partial charge in [0.05, 0.1) is 49.3 Å². The zero-order valence-corrected chi connectivity index (χ0v) is 65.6. The highest BCUT2D eigenvalue weighted by molar-refractivity contribution is 5.82. The maximum atomic E-state index is 14.0. The average molecular weight is 1760 g/mol. The molecule has 4 saturated heterocycles. The van der Waals surface area contributed by atoms with Crippen molar-refractivity contribution in [2.75, 3.05) is 26.4 Å². The molecule has 0 bridgehead atoms. The van der Waals surface area contributed by atoms with Crippen molar-refractivity contribution in [3.05, 3.63) is 301 Å². The van der Waals surface area contributed by atoms with Crippen molar-refractivity contribution in [2.24, 2.45) is 0 Å². The van der Waals surface area contributed by atoms with Crippen LogP contribution in [0, 0.1) is 122 Å². The number of nitro groups is 4. The summed E-state index contributed by atoms with van der Waals surface area (Å²) in [5.41, 5.74) is -2.67. The fourth-order valence-corrected chi connectivity index (χ4v) is 12.2. The quantitative estimate of drug-likeness (QED) is 0.0255. The van der Waals surface area contributed by atoms with E-state index >= 15 is 0 Å². The lowest BCUT2D eigenvalue weighted by atomic mass is 9.94. The minimum absolute atomic E-state index is 0.00189. The summed E-state index contributed by atoms with van der Waals surface area (Å²) in [6.07, 6.45) is -8.18. The van der Waals surface area contributed by atoms with Crippen molar-refractivity contribution in [3.8, 4) is 0 Å². The van der Waals surface area contributed by atoms with Gasteiger partial charge in [-0.05, 0) is 181 Å². The van der Waals surface area contributed by atoms with Crippen LogP contribution in [0.15, 0.2) is 140 Å². The zero-order chi connectivity index (χ0) is 91.7. The standard InChI is InChI=1S/C16H21F2NO4.C16H19F2NO4.2C11H11F2NO4.C11H9F2NO3.C8H7F2NO3.C7H4F2O/c2*1-16(2,3)23-15(21)19-13-7-10(20)8-22-14(13)11-6-9(17)4-5-12(11)18;12-6-1-2-9(13)8(3-6)11-10(14(16)17)4-7(15)5-18-11;12-6-1-2-8(13)7(5-6)11-9(14(16)17)3-4-10(15)18-11;12-7-3-4-9(13)8(6-7)11-10(14(15)16)2-1-5-17-11;9-5-1-2-7(10)6(3-5)8(12)4-11(13)14;8-6-1-2-7(9)5(3-6)4-10/h4-6,10,13-14,20H,7-8H2,1-3H3,(H,19,21);4-6,13-14H,7-8H2,1-3H3,(H,19,21);1-3,7,10-11,15H,4-5H2;1-2,5,9-11,15H,3-4H2;1,3-6,10-11H,2H2;1-3,8,12H,4H2;1-4H/t10?,13-,14?;13-,14?;7?,10-,11?;;10-,11?;;/m000.0../s1. The second kappa shape index (κ2) is 45.9. The van der Waals surface area contributed by atoms with Crippen LogP contribution in [0.3, 0.4) is 0 Å². The van der Waals surface area contributed by atoms with Crippen LogP contribution >= 0.6 is 0 Å². The highest BCUT2D eigenvalue weighted by Crippen LogP contribution is 2.38. The van der Waals surface area contributed by atoms with Crippen molar-refractivity contribution in [1.29, 1.82) is 0 Å². The van der Waals surface area contributed by atoms with Gasteiger partial charge in [0, 0.05) is 85.2 Å². The number of hydrogen-bond donors (Lipinski definition) is 6. The molecule has 7 aromatic rings. The van der Waals surface area contributed by atoms with Crippen LogP contribution in [-0.4, -0.2) is 151 Å². The number of halogens is 14. The lowest BCUT2D eigenvalue weighted by Crippen LogP contribution is -2.48. The van der Waals surface area contributed by atoms with Crippen molar-refractivity contribution in [2.45, 2.75) is 177 Å². The van der Waals surface area contributed by atoms with Gasteiger partial charge in [-0.3, -0.25) is 50.0 Å². The van der Waals surface area contributed by atoms with Crippen LogP contribution in [-0.2, 0) is 38.0 Å². The van der Waals surface area contributed by atoms with Gasteiger partial charge in [0.15, 0.2) is 36.7 Å². The molecule has 0 aliphatic carbocycles. The van der Waals surface area contributed by atoms with E-state index in [9.17, 15) is 136 Å². The van der Waals surface area contributed by atoms with Crippen LogP contribution < -0.4 is 10.6 Å². The maximum absolute atomic E-state index is 14.0. The molecule has 0 spiro atoms. The monoisotopic (exact) mass is 1760 g/mol. The van der Waals surface area contributed by atoms with Crippen LogP contribution in [0.1, 0.15) is 160 Å². The highest BCUT2D eigenvalue weighted by atomic mass is 19.2. The summed E-state index contributed by atoms with van der Waals surface area (Å²) in [6, 6.07) is 14.2. The molecule has 123 heavy (non-hydrogen) atoms. The first kappa shape index (κ1) is 100. The molecule has 4 fully saturated rings. The molecule has 7 aromatic carbocycles. The number of aliphatic hydroxyl groups is 4. The first-order chi connectivity index (χ1) is 57.6. The third-order valence-corrected chi connectivity index (χ3v) is 17.6. The number of alkyl carbamates (subject to hydrolysis) is 2. The Morgan fingerprint density at radius 1 is 0.488 bits per heavy atom. The summed E-state index contributed by atoms with van der Waals surface area (Å²) in [5, 5.41) is 85.2. The molecule has 5 heterocycles. The number of carbonyl (C=O) groups is 4. The van der Waals surface area contributed by atoms with E-state index in [0.29, 0.717) is 0 Å². The predicted molar refractivity (Wildman–Crippen MR) is 399 cm³/mol. The topological polar surface area (TPSA) is 410 Å². The predicted octanol–water partition coefficient (Wildman–Crippen LogP) is 14.4. The van der Waals surface area contributed by atoms with E-state index in [4.69, 9.17) is 38.3 Å². The van der Waals surface area contributed by atoms with Crippen LogP contribution in [0.25, 0.3) is 0 Å². The number of ketones is 1. The third kappa shape index (κ3) is 31.6. The molecule has 10 unspecified atom stereocenters. The number of Topliss-reactive ketones (excluding diaryl/α,β-unsaturated/α-hetero) is 1. The van der Waals surface area contributed by atoms with Gasteiger partial charge in [-0.25, -0.2) is 71.1 Å². The Morgan fingerprint density at radius 2 is 0.870 bits per heavy atom. The van der Waals surface area contributed by atoms with Gasteiger partial charge < -0.3 is 64.2 Å². The van der Waals surface area contributed by atoms with Gasteiger partial charge in [-0.1, -0.05) is 0 Å². The number of aliphatic hydroxyl groups excluding tert-OH is 4. The van der Waals surface area contributed by atoms with Gasteiger partial charge in [0.25, 0.3) is 6.04 Å². The molecule has 0 aromatic heterocycles. The summed E-state index contributed by atoms with van der Waals surface area (Å²) < 4.78 is 221. The third-order valence-electron chi connectivity index (χ3n) is 17.6. The largest absolute Gasteiger partial charge is 0.486 e. The summed E-state index contributed by atoms with van der Waals surface area (Å²) in [6.45, 7) is 9.00. The smallest absolute Gasteiger partial charge is 0.407 e. The fraction of sp³-hybridized carbons (Fsp3) is 0.400. The molecule has 668 valence electrons. The molecule has 2 amide bonds. The molecule has 0 saturated carbocycles. The number of aldehydes is 1. The van der Waals surface area contributed by atoms with E-state index < -0.39 is 222 Å². The van der Waals surface area contributed by atoms with E-state index in [1.54, 1.807) is 41.5 Å². The van der Waals surface area contributed by atoms with E-state index in [2.05, 4.69) is 10.6 Å². The Bertz CT molecular complexity index is 4860. The van der Waals surface area contributed by atoms with Crippen molar-refractivity contribution < 1.29 is 154 Å². The Balaban J connectivity index is 0.000000225. The normalized spacial score (nSPS) is 22.4. The number of hydrogen-bond acceptors (Lipinski definition) is 23. The van der Waals surface area contributed by atoms with Gasteiger partial charge in [-0.15, -0.1) is 0 Å². The molecule has 5 aliphatic rings. The SMILES string of the molecule is CC(C)(C)OC(=O)N[C@H]1CC(=O)COC1c1cc(F)ccc1F.CC(C)(C)OC(=O)N[C@H]1CC(O)COC1c1cc(F)ccc1F.O=Cc1cc(F)ccc1F.O=[N+]([O-])C1CCC(O)OC1c1cc(F)ccc1F.O=[N+]([O-])CC(O)c1cc(F)ccc1F.O=[N+]([O-])[C@H]1CC(O)COC1c1cc(F)ccc1F.O=[N+]([O-])[C@H]1CC=COC1c1cc(F)ccc1F. The second-order valence-electron chi connectivity index (χ2n) is 29.4. The summed E-state index contributed by atoms with van der Waals surface area (Å²) in [5.74, 6) is -9.99. The van der Waals surface area contributed by atoms with E-state index in [1.807, 2.05) is 0 Å². The van der Waals surface area contributed by atoms with Gasteiger partial charge in [0.2, 0.25) is 18.6 Å². The van der Waals surface area contributed by atoms with Gasteiger partial charge in [0.1, 0.15) is 118 Å². The van der Waals surface area contributed by atoms with Gasteiger partial charge >= 0.3 is 12.2 Å². The Morgan fingerprint density at radius 3 is 1.30 bits per heavy atom. The zero-order valence-electron chi connectivity index (χ0n) is 65.6. The molecule has 6 N–H and O–H groups in total. The number of nitrogens with zero attached hydrogens (tertiary/aromatic N) is 4. The Labute approximate surface area is 690 Å². The molecular formula is C80H82F14N6O23. The molecule has 5 aliphatic heterocycles. The minimum atomic E-state index is -1.62. The number of nitrogens with one attached hydrogen (secondary N) is 2. The van der Waals surface area contributed by atoms with Crippen LogP contribution in [0.4, 0.5) is 71.1 Å². The summed E-state index contributed by atoms with van der Waals surface area (Å²) in [7, 11) is 0. The van der Waals surface area contributed by atoms with Crippen LogP contribution in [0.5, 0.6) is 0 Å². The summed E-state index contributed by atoms with van der Waals surface area (Å²) >= 11 is 0. The molecular weight excluding hydrogens is 1680 g/mol. The maximum Gasteiger partial charge on any atom is 0.407 e. The lowest BCUT2D eigenvalue weighted by Gasteiger charge is -2.35. The van der Waals surface area contributed by atoms with Crippen molar-refractivity contribution in [1.82, 2.24) is 10.6 Å². The highest BCUT2D eigenvalue weighted by Gasteiger charge is 2.44. The Kier molecular flexibility index (Phi) is 37.4. The van der Waals surface area contributed by atoms with E-state index in [-0.39, 0.29) is 104 Å². The number of rotatable bonds is 14. The fourth-order valence-electron chi connectivity index (χ4n) is 12.2. The number of amides is 2. The van der Waals surface area contributed by atoms with Gasteiger partial charge in [-0.2, -0.15) is 0 Å². The van der Waals surface area contributed by atoms with E-state index in [0.717, 1.165) is 127 Å². The molecule has 43 heteroatoms. The number of carbonyl (C=O) groups excluding carboxylic acids is 4. The van der Waals surface area contributed by atoms with Crippen molar-refractivity contribution in [3.63, 3.8) is 0 Å². The second-order valence-corrected chi connectivity index (χ2v) is 29.4. The van der Waals surface area contributed by atoms with Crippen LogP contribution in [0.2, 0.25) is 0 Å². The lowest BCUT2D eigenvalue weighted by molar-refractivity contribution is -0.547. The Hall–Kier alpha value is -11.7. The first-order valence-electron chi connectivity index (χ1n) is 36.8. The molecule has 14 atom stereocenters. The molecule has 12 rings (SSSR count). The average Bonchev–Trinajstić information content (AvgIpc) is 0.810. The summed E-state index contributed by atoms with van der Waals surface area (Å²) in [4.78, 5) is 85.4.